The van der Waals surface area contributed by atoms with Crippen LogP contribution in [0.25, 0.3) is 22.2 Å². The minimum Gasteiger partial charge on any atom is -0.490 e. The minimum atomic E-state index is -0.334. The molecule has 1 fully saturated rings. The van der Waals surface area contributed by atoms with Gasteiger partial charge in [-0.1, -0.05) is 23.7 Å². The Morgan fingerprint density at radius 3 is 2.89 bits per heavy atom. The average Bonchev–Trinajstić information content (AvgIpc) is 3.51. The van der Waals surface area contributed by atoms with Gasteiger partial charge in [-0.2, -0.15) is 0 Å². The van der Waals surface area contributed by atoms with Crippen molar-refractivity contribution in [2.75, 3.05) is 44.0 Å². The highest BCUT2D eigenvalue weighted by molar-refractivity contribution is 6.33. The summed E-state index contributed by atoms with van der Waals surface area (Å²) in [5, 5.41) is 16.7. The number of hydrogen-bond acceptors (Lipinski definition) is 8. The zero-order valence-electron chi connectivity index (χ0n) is 21.4. The molecule has 2 aromatic carbocycles. The minimum absolute atomic E-state index is 0.0401. The lowest BCUT2D eigenvalue weighted by atomic mass is 10.1. The van der Waals surface area contributed by atoms with Crippen LogP contribution in [0.4, 0.5) is 23.0 Å². The molecule has 196 valence electrons. The smallest absolute Gasteiger partial charge is 0.294 e. The zero-order valence-corrected chi connectivity index (χ0v) is 22.2. The van der Waals surface area contributed by atoms with E-state index in [1.54, 1.807) is 12.3 Å². The van der Waals surface area contributed by atoms with Gasteiger partial charge in [-0.3, -0.25) is 10.1 Å². The molecule has 2 aliphatic heterocycles. The third-order valence-corrected chi connectivity index (χ3v) is 7.79. The van der Waals surface area contributed by atoms with Crippen LogP contribution < -0.4 is 15.0 Å². The Bertz CT molecular complexity index is 1570. The SMILES string of the molecule is Cc1cc(N(C)C2CCN(C)C2)c([N+](=O)[O-])cc1Nc1ncc(Cl)c(-c2cn3c4c(cccc24)OCC3)n1. The van der Waals surface area contributed by atoms with Gasteiger partial charge in [-0.25, -0.2) is 9.97 Å². The highest BCUT2D eigenvalue weighted by atomic mass is 35.5. The zero-order chi connectivity index (χ0) is 26.6. The molecule has 0 amide bonds. The van der Waals surface area contributed by atoms with E-state index in [-0.39, 0.29) is 16.7 Å². The number of aromatic nitrogens is 3. The number of aryl methyl sites for hydroxylation is 1. The summed E-state index contributed by atoms with van der Waals surface area (Å²) in [5.41, 5.74) is 4.54. The number of likely N-dealkylation sites (N-methyl/N-ethyl adjacent to an activating group) is 2. The van der Waals surface area contributed by atoms with Crippen LogP contribution in [0.3, 0.4) is 0 Å². The lowest BCUT2D eigenvalue weighted by Crippen LogP contribution is -2.34. The van der Waals surface area contributed by atoms with Crippen molar-refractivity contribution in [3.05, 3.63) is 63.4 Å². The molecule has 2 aromatic heterocycles. The van der Waals surface area contributed by atoms with E-state index in [0.29, 0.717) is 34.6 Å². The molecule has 2 aliphatic rings. The second kappa shape index (κ2) is 9.45. The lowest BCUT2D eigenvalue weighted by Gasteiger charge is -2.27. The monoisotopic (exact) mass is 533 g/mol. The summed E-state index contributed by atoms with van der Waals surface area (Å²) < 4.78 is 7.98. The topological polar surface area (TPSA) is 102 Å². The second-order valence-corrected chi connectivity index (χ2v) is 10.4. The molecule has 0 aliphatic carbocycles. The maximum atomic E-state index is 12.1. The first-order valence-corrected chi connectivity index (χ1v) is 12.9. The van der Waals surface area contributed by atoms with Crippen molar-refractivity contribution in [1.82, 2.24) is 19.4 Å². The van der Waals surface area contributed by atoms with Crippen molar-refractivity contribution >= 4 is 45.5 Å². The largest absolute Gasteiger partial charge is 0.490 e. The number of nitrogens with one attached hydrogen (secondary N) is 1. The second-order valence-electron chi connectivity index (χ2n) is 9.98. The molecule has 1 N–H and O–H groups in total. The molecule has 0 spiro atoms. The first-order chi connectivity index (χ1) is 18.3. The molecule has 4 heterocycles. The van der Waals surface area contributed by atoms with E-state index in [0.717, 1.165) is 53.8 Å². The molecule has 1 saturated heterocycles. The van der Waals surface area contributed by atoms with Gasteiger partial charge >= 0.3 is 0 Å². The molecule has 4 aromatic rings. The highest BCUT2D eigenvalue weighted by Gasteiger charge is 2.29. The number of ether oxygens (including phenoxy) is 1. The van der Waals surface area contributed by atoms with Crippen LogP contribution in [0.5, 0.6) is 5.75 Å². The third kappa shape index (κ3) is 4.19. The van der Waals surface area contributed by atoms with Crippen LogP contribution >= 0.6 is 11.6 Å². The number of likely N-dealkylation sites (tertiary alicyclic amines) is 1. The van der Waals surface area contributed by atoms with E-state index in [2.05, 4.69) is 26.8 Å². The van der Waals surface area contributed by atoms with Gasteiger partial charge in [0, 0.05) is 42.8 Å². The quantitative estimate of drug-likeness (QED) is 0.265. The van der Waals surface area contributed by atoms with Crippen LogP contribution in [0.1, 0.15) is 12.0 Å². The van der Waals surface area contributed by atoms with E-state index in [1.165, 1.54) is 0 Å². The summed E-state index contributed by atoms with van der Waals surface area (Å²) in [4.78, 5) is 25.1. The van der Waals surface area contributed by atoms with Crippen molar-refractivity contribution in [2.45, 2.75) is 25.9 Å². The van der Waals surface area contributed by atoms with Crippen molar-refractivity contribution in [3.63, 3.8) is 0 Å². The summed E-state index contributed by atoms with van der Waals surface area (Å²) >= 11 is 6.58. The van der Waals surface area contributed by atoms with Crippen LogP contribution in [0.2, 0.25) is 5.02 Å². The fraction of sp³-hybridized carbons (Fsp3) is 0.333. The number of benzene rings is 2. The number of anilines is 3. The summed E-state index contributed by atoms with van der Waals surface area (Å²) in [5.74, 6) is 1.14. The Morgan fingerprint density at radius 2 is 2.13 bits per heavy atom. The van der Waals surface area contributed by atoms with Gasteiger partial charge in [0.1, 0.15) is 18.0 Å². The van der Waals surface area contributed by atoms with Crippen molar-refractivity contribution in [3.8, 4) is 17.0 Å². The Balaban J connectivity index is 1.36. The van der Waals surface area contributed by atoms with E-state index in [4.69, 9.17) is 21.3 Å². The van der Waals surface area contributed by atoms with Gasteiger partial charge in [0.25, 0.3) is 5.69 Å². The summed E-state index contributed by atoms with van der Waals surface area (Å²) in [6, 6.07) is 9.59. The Kier molecular flexibility index (Phi) is 6.08. The van der Waals surface area contributed by atoms with Crippen LogP contribution in [-0.4, -0.2) is 64.2 Å². The normalized spacial score (nSPS) is 17.0. The predicted molar refractivity (Wildman–Crippen MR) is 149 cm³/mol. The van der Waals surface area contributed by atoms with Gasteiger partial charge in [-0.05, 0) is 44.6 Å². The van der Waals surface area contributed by atoms with Crippen LogP contribution in [-0.2, 0) is 6.54 Å². The van der Waals surface area contributed by atoms with Gasteiger partial charge in [0.15, 0.2) is 0 Å². The number of nitrogens with zero attached hydrogens (tertiary/aromatic N) is 6. The molecule has 38 heavy (non-hydrogen) atoms. The van der Waals surface area contributed by atoms with Crippen LogP contribution in [0, 0.1) is 17.0 Å². The summed E-state index contributed by atoms with van der Waals surface area (Å²) in [6.07, 6.45) is 4.56. The molecule has 1 unspecified atom stereocenters. The number of para-hydroxylation sites is 1. The molecular weight excluding hydrogens is 506 g/mol. The summed E-state index contributed by atoms with van der Waals surface area (Å²) in [6.45, 7) is 5.11. The van der Waals surface area contributed by atoms with Gasteiger partial charge in [0.2, 0.25) is 5.95 Å². The molecule has 11 heteroatoms. The third-order valence-electron chi connectivity index (χ3n) is 7.51. The number of nitro groups is 1. The average molecular weight is 534 g/mol. The van der Waals surface area contributed by atoms with Crippen molar-refractivity contribution in [1.29, 1.82) is 0 Å². The van der Waals surface area contributed by atoms with E-state index in [9.17, 15) is 10.1 Å². The number of nitro benzene ring substituents is 1. The molecule has 6 rings (SSSR count). The fourth-order valence-corrected chi connectivity index (χ4v) is 5.66. The molecule has 0 radical (unpaired) electrons. The van der Waals surface area contributed by atoms with Crippen molar-refractivity contribution in [2.24, 2.45) is 0 Å². The van der Waals surface area contributed by atoms with E-state index < -0.39 is 0 Å². The van der Waals surface area contributed by atoms with Crippen LogP contribution in [0.15, 0.2) is 42.7 Å². The van der Waals surface area contributed by atoms with Gasteiger partial charge < -0.3 is 24.4 Å². The molecule has 10 nitrogen and oxygen atoms in total. The van der Waals surface area contributed by atoms with E-state index >= 15 is 0 Å². The maximum Gasteiger partial charge on any atom is 0.294 e. The number of hydrogen-bond donors (Lipinski definition) is 1. The van der Waals surface area contributed by atoms with E-state index in [1.807, 2.05) is 49.3 Å². The lowest BCUT2D eigenvalue weighted by molar-refractivity contribution is -0.384. The maximum absolute atomic E-state index is 12.1. The Hall–Kier alpha value is -3.89. The van der Waals surface area contributed by atoms with Crippen molar-refractivity contribution < 1.29 is 9.66 Å². The molecular formula is C27H28ClN7O3. The highest BCUT2D eigenvalue weighted by Crippen LogP contribution is 2.40. The summed E-state index contributed by atoms with van der Waals surface area (Å²) in [7, 11) is 4.00. The fourth-order valence-electron chi connectivity index (χ4n) is 5.47. The Labute approximate surface area is 224 Å². The number of rotatable bonds is 6. The Morgan fingerprint density at radius 1 is 1.29 bits per heavy atom. The molecule has 0 saturated carbocycles. The number of halogens is 1. The standard InChI is InChI=1S/C27H28ClN7O3/c1-16-11-22(33(3)17-7-8-32(2)14-17)23(35(36)37)12-21(16)30-27-29-13-20(28)25(31-27)19-15-34-9-10-38-24-6-4-5-18(19)26(24)34/h4-6,11-13,15,17H,7-10,14H2,1-3H3,(H,29,30,31). The molecule has 1 atom stereocenters. The van der Waals surface area contributed by atoms with Gasteiger partial charge in [-0.15, -0.1) is 0 Å². The first kappa shape index (κ1) is 24.4. The van der Waals surface area contributed by atoms with Gasteiger partial charge in [0.05, 0.1) is 39.6 Å². The predicted octanol–water partition coefficient (Wildman–Crippen LogP) is 5.24. The molecule has 0 bridgehead atoms. The first-order valence-electron chi connectivity index (χ1n) is 12.5.